The second-order valence-electron chi connectivity index (χ2n) is 3.89. The van der Waals surface area contributed by atoms with Crippen molar-refractivity contribution >= 4 is 12.6 Å². The van der Waals surface area contributed by atoms with Crippen LogP contribution < -0.4 is 10.1 Å². The van der Waals surface area contributed by atoms with E-state index in [-0.39, 0.29) is 6.10 Å². The lowest BCUT2D eigenvalue weighted by molar-refractivity contribution is 0.194. The van der Waals surface area contributed by atoms with Crippen LogP contribution in [0.25, 0.3) is 0 Å². The topological polar surface area (TPSA) is 21.3 Å². The summed E-state index contributed by atoms with van der Waals surface area (Å²) >= 11 is 4.16. The van der Waals surface area contributed by atoms with E-state index in [0.29, 0.717) is 0 Å². The van der Waals surface area contributed by atoms with Crippen LogP contribution in [0.5, 0.6) is 5.75 Å². The number of thiol groups is 1. The van der Waals surface area contributed by atoms with Crippen LogP contribution in [0.3, 0.4) is 0 Å². The molecule has 0 aliphatic heterocycles. The van der Waals surface area contributed by atoms with Crippen molar-refractivity contribution in [1.29, 1.82) is 0 Å². The molecule has 0 aliphatic rings. The highest BCUT2D eigenvalue weighted by atomic mass is 32.1. The van der Waals surface area contributed by atoms with E-state index in [0.717, 1.165) is 31.0 Å². The fraction of sp³-hybridized carbons (Fsp3) is 0.538. The van der Waals surface area contributed by atoms with Gasteiger partial charge in [-0.2, -0.15) is 12.6 Å². The second kappa shape index (κ2) is 7.58. The van der Waals surface area contributed by atoms with Crippen molar-refractivity contribution in [2.75, 3.05) is 18.8 Å². The van der Waals surface area contributed by atoms with E-state index in [1.807, 2.05) is 12.1 Å². The Morgan fingerprint density at radius 2 is 2.00 bits per heavy atom. The summed E-state index contributed by atoms with van der Waals surface area (Å²) in [5.41, 5.74) is 1.26. The zero-order valence-corrected chi connectivity index (χ0v) is 11.0. The fourth-order valence-corrected chi connectivity index (χ4v) is 1.58. The molecular weight excluding hydrogens is 218 g/mol. The molecule has 0 bridgehead atoms. The van der Waals surface area contributed by atoms with Crippen molar-refractivity contribution in [3.05, 3.63) is 29.8 Å². The highest BCUT2D eigenvalue weighted by molar-refractivity contribution is 7.80. The standard InChI is InChI=1S/C13H21NOS/c1-3-12(10-14-8-9-16)15-13-6-4-11(2)5-7-13/h4-7,12,14,16H,3,8-10H2,1-2H3. The molecule has 0 spiro atoms. The van der Waals surface area contributed by atoms with Gasteiger partial charge in [0.2, 0.25) is 0 Å². The van der Waals surface area contributed by atoms with Crippen molar-refractivity contribution in [3.8, 4) is 5.75 Å². The summed E-state index contributed by atoms with van der Waals surface area (Å²) in [6.45, 7) is 6.03. The van der Waals surface area contributed by atoms with Crippen LogP contribution in [0.15, 0.2) is 24.3 Å². The summed E-state index contributed by atoms with van der Waals surface area (Å²) in [6.07, 6.45) is 1.25. The van der Waals surface area contributed by atoms with Gasteiger partial charge in [0.25, 0.3) is 0 Å². The Labute approximate surface area is 104 Å². The van der Waals surface area contributed by atoms with E-state index in [1.165, 1.54) is 5.56 Å². The minimum Gasteiger partial charge on any atom is -0.489 e. The van der Waals surface area contributed by atoms with Gasteiger partial charge in [-0.25, -0.2) is 0 Å². The van der Waals surface area contributed by atoms with Crippen molar-refractivity contribution in [2.24, 2.45) is 0 Å². The molecule has 1 aromatic carbocycles. The maximum atomic E-state index is 5.88. The van der Waals surface area contributed by atoms with E-state index < -0.39 is 0 Å². The molecule has 0 amide bonds. The van der Waals surface area contributed by atoms with Gasteiger partial charge in [0.15, 0.2) is 0 Å². The Hall–Kier alpha value is -0.670. The normalized spacial score (nSPS) is 12.4. The number of ether oxygens (including phenoxy) is 1. The minimum atomic E-state index is 0.239. The Morgan fingerprint density at radius 3 is 2.56 bits per heavy atom. The number of aryl methyl sites for hydroxylation is 1. The maximum absolute atomic E-state index is 5.88. The lowest BCUT2D eigenvalue weighted by Gasteiger charge is -2.18. The van der Waals surface area contributed by atoms with Crippen molar-refractivity contribution in [2.45, 2.75) is 26.4 Å². The van der Waals surface area contributed by atoms with E-state index in [4.69, 9.17) is 4.74 Å². The molecule has 90 valence electrons. The molecule has 16 heavy (non-hydrogen) atoms. The molecule has 0 heterocycles. The minimum absolute atomic E-state index is 0.239. The fourth-order valence-electron chi connectivity index (χ4n) is 1.42. The van der Waals surface area contributed by atoms with Crippen molar-refractivity contribution in [3.63, 3.8) is 0 Å². The lowest BCUT2D eigenvalue weighted by Crippen LogP contribution is -2.31. The first-order valence-corrected chi connectivity index (χ1v) is 6.44. The highest BCUT2D eigenvalue weighted by Gasteiger charge is 2.06. The predicted molar refractivity (Wildman–Crippen MR) is 72.6 cm³/mol. The first-order valence-electron chi connectivity index (χ1n) is 5.81. The summed E-state index contributed by atoms with van der Waals surface area (Å²) in [4.78, 5) is 0. The molecule has 2 nitrogen and oxygen atoms in total. The van der Waals surface area contributed by atoms with Crippen LogP contribution in [-0.2, 0) is 0 Å². The number of benzene rings is 1. The van der Waals surface area contributed by atoms with Crippen LogP contribution in [-0.4, -0.2) is 24.9 Å². The van der Waals surface area contributed by atoms with Gasteiger partial charge in [0.05, 0.1) is 0 Å². The van der Waals surface area contributed by atoms with Crippen LogP contribution in [0.2, 0.25) is 0 Å². The average molecular weight is 239 g/mol. The Kier molecular flexibility index (Phi) is 6.34. The first kappa shape index (κ1) is 13.4. The SMILES string of the molecule is CCC(CNCCS)Oc1ccc(C)cc1. The van der Waals surface area contributed by atoms with Gasteiger partial charge in [0, 0.05) is 18.8 Å². The van der Waals surface area contributed by atoms with Crippen LogP contribution in [0, 0.1) is 6.92 Å². The van der Waals surface area contributed by atoms with Gasteiger partial charge in [-0.1, -0.05) is 24.6 Å². The zero-order chi connectivity index (χ0) is 11.8. The molecule has 1 rings (SSSR count). The third kappa shape index (κ3) is 4.90. The Morgan fingerprint density at radius 1 is 1.31 bits per heavy atom. The number of hydrogen-bond donors (Lipinski definition) is 2. The quantitative estimate of drug-likeness (QED) is 0.564. The Balaban J connectivity index is 2.40. The molecule has 0 radical (unpaired) electrons. The molecule has 1 aromatic rings. The molecule has 1 N–H and O–H groups in total. The highest BCUT2D eigenvalue weighted by Crippen LogP contribution is 2.14. The summed E-state index contributed by atoms with van der Waals surface area (Å²) in [5, 5.41) is 3.32. The molecule has 0 saturated carbocycles. The lowest BCUT2D eigenvalue weighted by atomic mass is 10.2. The third-order valence-corrected chi connectivity index (χ3v) is 2.66. The molecule has 0 saturated heterocycles. The molecule has 0 aromatic heterocycles. The van der Waals surface area contributed by atoms with Gasteiger partial charge in [0.1, 0.15) is 11.9 Å². The molecule has 1 unspecified atom stereocenters. The number of nitrogens with one attached hydrogen (secondary N) is 1. The van der Waals surface area contributed by atoms with Crippen LogP contribution in [0.4, 0.5) is 0 Å². The number of rotatable bonds is 7. The first-order chi connectivity index (χ1) is 7.76. The van der Waals surface area contributed by atoms with Gasteiger partial charge < -0.3 is 10.1 Å². The van der Waals surface area contributed by atoms with Crippen LogP contribution in [0.1, 0.15) is 18.9 Å². The molecule has 3 heteroatoms. The summed E-state index contributed by atoms with van der Waals surface area (Å²) in [7, 11) is 0. The largest absolute Gasteiger partial charge is 0.489 e. The van der Waals surface area contributed by atoms with Crippen LogP contribution >= 0.6 is 12.6 Å². The third-order valence-electron chi connectivity index (χ3n) is 2.44. The molecular formula is C13H21NOS. The molecule has 0 fully saturated rings. The second-order valence-corrected chi connectivity index (χ2v) is 4.34. The molecule has 0 aliphatic carbocycles. The molecule has 1 atom stereocenters. The van der Waals surface area contributed by atoms with E-state index in [2.05, 4.69) is 43.9 Å². The van der Waals surface area contributed by atoms with Gasteiger partial charge >= 0.3 is 0 Å². The monoisotopic (exact) mass is 239 g/mol. The van der Waals surface area contributed by atoms with E-state index in [1.54, 1.807) is 0 Å². The zero-order valence-electron chi connectivity index (χ0n) is 10.1. The number of hydrogen-bond acceptors (Lipinski definition) is 3. The average Bonchev–Trinajstić information content (AvgIpc) is 2.31. The predicted octanol–water partition coefficient (Wildman–Crippen LogP) is 2.67. The van der Waals surface area contributed by atoms with Gasteiger partial charge in [-0.3, -0.25) is 0 Å². The summed E-state index contributed by atoms with van der Waals surface area (Å²) in [5.74, 6) is 1.81. The van der Waals surface area contributed by atoms with Gasteiger partial charge in [-0.05, 0) is 25.5 Å². The van der Waals surface area contributed by atoms with Gasteiger partial charge in [-0.15, -0.1) is 0 Å². The van der Waals surface area contributed by atoms with E-state index >= 15 is 0 Å². The summed E-state index contributed by atoms with van der Waals surface area (Å²) < 4.78 is 5.88. The smallest absolute Gasteiger partial charge is 0.119 e. The van der Waals surface area contributed by atoms with E-state index in [9.17, 15) is 0 Å². The van der Waals surface area contributed by atoms with Crippen molar-refractivity contribution < 1.29 is 4.74 Å². The maximum Gasteiger partial charge on any atom is 0.119 e. The Bertz CT molecular complexity index is 286. The summed E-state index contributed by atoms with van der Waals surface area (Å²) in [6, 6.07) is 8.19. The van der Waals surface area contributed by atoms with Crippen molar-refractivity contribution in [1.82, 2.24) is 5.32 Å².